The molecule has 0 aliphatic carbocycles. The number of aromatic nitrogens is 1. The van der Waals surface area contributed by atoms with E-state index in [4.69, 9.17) is 5.11 Å². The molecule has 1 heterocycles. The Bertz CT molecular complexity index is 726. The Hall–Kier alpha value is -2.60. The maximum absolute atomic E-state index is 12.5. The van der Waals surface area contributed by atoms with Crippen molar-refractivity contribution in [2.24, 2.45) is 0 Å². The fourth-order valence-corrected chi connectivity index (χ4v) is 2.43. The van der Waals surface area contributed by atoms with Crippen LogP contribution >= 0.6 is 0 Å². The van der Waals surface area contributed by atoms with E-state index in [2.05, 4.69) is 5.32 Å². The van der Waals surface area contributed by atoms with Crippen LogP contribution in [0.1, 0.15) is 19.4 Å². The lowest BCUT2D eigenvalue weighted by Gasteiger charge is -2.26. The number of amides is 2. The van der Waals surface area contributed by atoms with Crippen LogP contribution in [-0.2, 0) is 6.54 Å². The number of hydrogen-bond donors (Lipinski definition) is 2. The largest absolute Gasteiger partial charge is 0.395 e. The van der Waals surface area contributed by atoms with Crippen molar-refractivity contribution in [1.29, 1.82) is 0 Å². The minimum Gasteiger partial charge on any atom is -0.395 e. The summed E-state index contributed by atoms with van der Waals surface area (Å²) >= 11 is 0. The number of nitrogens with one attached hydrogen (secondary N) is 1. The van der Waals surface area contributed by atoms with Gasteiger partial charge in [0.2, 0.25) is 0 Å². The molecular weight excluding hydrogens is 306 g/mol. The molecule has 1 aromatic carbocycles. The van der Waals surface area contributed by atoms with E-state index >= 15 is 0 Å². The highest BCUT2D eigenvalue weighted by atomic mass is 16.3. The van der Waals surface area contributed by atoms with Crippen LogP contribution in [0.15, 0.2) is 53.5 Å². The van der Waals surface area contributed by atoms with Gasteiger partial charge in [0.15, 0.2) is 0 Å². The van der Waals surface area contributed by atoms with Crippen molar-refractivity contribution >= 4 is 11.7 Å². The fraction of sp³-hybridized carbons (Fsp3) is 0.333. The molecule has 0 fully saturated rings. The van der Waals surface area contributed by atoms with Gasteiger partial charge in [-0.25, -0.2) is 4.79 Å². The van der Waals surface area contributed by atoms with Gasteiger partial charge in [0.05, 0.1) is 13.2 Å². The summed E-state index contributed by atoms with van der Waals surface area (Å²) in [6.45, 7) is 4.24. The van der Waals surface area contributed by atoms with Gasteiger partial charge in [0.25, 0.3) is 5.56 Å². The molecular formula is C18H23N3O3. The summed E-state index contributed by atoms with van der Waals surface area (Å²) in [5.41, 5.74) is 0.969. The van der Waals surface area contributed by atoms with Crippen LogP contribution < -0.4 is 10.9 Å². The second-order valence-corrected chi connectivity index (χ2v) is 5.78. The molecule has 0 unspecified atom stereocenters. The van der Waals surface area contributed by atoms with Crippen LogP contribution in [0.3, 0.4) is 0 Å². The lowest BCUT2D eigenvalue weighted by Crippen LogP contribution is -2.42. The number of pyridine rings is 1. The Morgan fingerprint density at radius 1 is 1.21 bits per heavy atom. The van der Waals surface area contributed by atoms with E-state index in [9.17, 15) is 9.59 Å². The van der Waals surface area contributed by atoms with Gasteiger partial charge in [0, 0.05) is 18.8 Å². The topological polar surface area (TPSA) is 74.6 Å². The summed E-state index contributed by atoms with van der Waals surface area (Å²) in [6, 6.07) is 12.5. The molecule has 128 valence electrons. The molecule has 1 aromatic heterocycles. The monoisotopic (exact) mass is 329 g/mol. The zero-order chi connectivity index (χ0) is 17.5. The Labute approximate surface area is 141 Å². The number of benzene rings is 1. The first-order valence-electron chi connectivity index (χ1n) is 7.94. The molecule has 6 heteroatoms. The average Bonchev–Trinajstić information content (AvgIpc) is 2.57. The van der Waals surface area contributed by atoms with Crippen LogP contribution in [-0.4, -0.2) is 39.8 Å². The molecule has 0 spiro atoms. The second-order valence-electron chi connectivity index (χ2n) is 5.78. The third-order valence-corrected chi connectivity index (χ3v) is 3.68. The van der Waals surface area contributed by atoms with E-state index in [1.807, 2.05) is 44.2 Å². The zero-order valence-electron chi connectivity index (χ0n) is 14.0. The van der Waals surface area contributed by atoms with Crippen LogP contribution in [0.25, 0.3) is 0 Å². The lowest BCUT2D eigenvalue weighted by atomic mass is 10.2. The molecule has 0 bridgehead atoms. The molecule has 2 aromatic rings. The number of urea groups is 1. The normalized spacial score (nSPS) is 10.7. The van der Waals surface area contributed by atoms with Gasteiger partial charge >= 0.3 is 6.03 Å². The zero-order valence-corrected chi connectivity index (χ0v) is 14.0. The van der Waals surface area contributed by atoms with E-state index in [0.717, 1.165) is 5.56 Å². The van der Waals surface area contributed by atoms with Gasteiger partial charge in [-0.3, -0.25) is 4.79 Å². The number of anilines is 1. The SMILES string of the molecule is CC(C)N(CCO)C(=O)Nc1cccn(Cc2ccccc2)c1=O. The van der Waals surface area contributed by atoms with Gasteiger partial charge in [0.1, 0.15) is 5.69 Å². The first-order valence-corrected chi connectivity index (χ1v) is 7.94. The molecule has 2 rings (SSSR count). The van der Waals surface area contributed by atoms with Crippen LogP contribution in [0.5, 0.6) is 0 Å². The van der Waals surface area contributed by atoms with Crippen molar-refractivity contribution in [3.8, 4) is 0 Å². The van der Waals surface area contributed by atoms with Gasteiger partial charge in [-0.1, -0.05) is 30.3 Å². The van der Waals surface area contributed by atoms with Crippen molar-refractivity contribution < 1.29 is 9.90 Å². The number of carbonyl (C=O) groups is 1. The third-order valence-electron chi connectivity index (χ3n) is 3.68. The summed E-state index contributed by atoms with van der Waals surface area (Å²) in [7, 11) is 0. The van der Waals surface area contributed by atoms with Crippen LogP contribution in [0.4, 0.5) is 10.5 Å². The van der Waals surface area contributed by atoms with Crippen molar-refractivity contribution in [3.05, 3.63) is 64.6 Å². The molecule has 6 nitrogen and oxygen atoms in total. The number of nitrogens with zero attached hydrogens (tertiary/aromatic N) is 2. The minimum absolute atomic E-state index is 0.0765. The molecule has 2 N–H and O–H groups in total. The standard InChI is InChI=1S/C18H23N3O3/c1-14(2)21(11-12-22)18(24)19-16-9-6-10-20(17(16)23)13-15-7-4-3-5-8-15/h3-10,14,22H,11-13H2,1-2H3,(H,19,24). The summed E-state index contributed by atoms with van der Waals surface area (Å²) in [5.74, 6) is 0. The van der Waals surface area contributed by atoms with Crippen molar-refractivity contribution in [3.63, 3.8) is 0 Å². The first kappa shape index (κ1) is 17.7. The molecule has 0 saturated heterocycles. The maximum Gasteiger partial charge on any atom is 0.322 e. The minimum atomic E-state index is -0.395. The fourth-order valence-electron chi connectivity index (χ4n) is 2.43. The van der Waals surface area contributed by atoms with Gasteiger partial charge in [-0.05, 0) is 31.5 Å². The molecule has 0 atom stereocenters. The molecule has 0 radical (unpaired) electrons. The van der Waals surface area contributed by atoms with E-state index in [1.165, 1.54) is 4.90 Å². The summed E-state index contributed by atoms with van der Waals surface area (Å²) in [6.07, 6.45) is 1.69. The Morgan fingerprint density at radius 3 is 2.54 bits per heavy atom. The van der Waals surface area contributed by atoms with Gasteiger partial charge in [-0.15, -0.1) is 0 Å². The molecule has 2 amide bonds. The predicted molar refractivity (Wildman–Crippen MR) is 94.2 cm³/mol. The Morgan fingerprint density at radius 2 is 1.92 bits per heavy atom. The molecule has 0 saturated carbocycles. The number of aliphatic hydroxyl groups excluding tert-OH is 1. The number of aliphatic hydroxyl groups is 1. The van der Waals surface area contributed by atoms with E-state index in [-0.39, 0.29) is 30.4 Å². The highest BCUT2D eigenvalue weighted by Gasteiger charge is 2.17. The van der Waals surface area contributed by atoms with E-state index in [1.54, 1.807) is 22.9 Å². The van der Waals surface area contributed by atoms with E-state index < -0.39 is 6.03 Å². The molecule has 24 heavy (non-hydrogen) atoms. The third kappa shape index (κ3) is 4.45. The average molecular weight is 329 g/mol. The highest BCUT2D eigenvalue weighted by molar-refractivity contribution is 5.89. The lowest BCUT2D eigenvalue weighted by molar-refractivity contribution is 0.172. The predicted octanol–water partition coefficient (Wildman–Crippen LogP) is 2.13. The maximum atomic E-state index is 12.5. The van der Waals surface area contributed by atoms with Crippen molar-refractivity contribution in [2.75, 3.05) is 18.5 Å². The van der Waals surface area contributed by atoms with Gasteiger partial charge in [-0.2, -0.15) is 0 Å². The van der Waals surface area contributed by atoms with Crippen molar-refractivity contribution in [2.45, 2.75) is 26.4 Å². The Balaban J connectivity index is 2.18. The summed E-state index contributed by atoms with van der Waals surface area (Å²) in [5, 5.41) is 11.7. The highest BCUT2D eigenvalue weighted by Crippen LogP contribution is 2.06. The van der Waals surface area contributed by atoms with Crippen LogP contribution in [0, 0.1) is 0 Å². The Kier molecular flexibility index (Phi) is 6.14. The second kappa shape index (κ2) is 8.31. The summed E-state index contributed by atoms with van der Waals surface area (Å²) < 4.78 is 1.55. The molecule has 0 aliphatic rings. The van der Waals surface area contributed by atoms with Gasteiger partial charge < -0.3 is 19.9 Å². The smallest absolute Gasteiger partial charge is 0.322 e. The van der Waals surface area contributed by atoms with Crippen molar-refractivity contribution in [1.82, 2.24) is 9.47 Å². The summed E-state index contributed by atoms with van der Waals surface area (Å²) in [4.78, 5) is 26.3. The van der Waals surface area contributed by atoms with Crippen LogP contribution in [0.2, 0.25) is 0 Å². The number of carbonyl (C=O) groups excluding carboxylic acids is 1. The molecule has 0 aliphatic heterocycles. The quantitative estimate of drug-likeness (QED) is 0.852. The number of rotatable bonds is 6. The first-order chi connectivity index (χ1) is 11.5. The van der Waals surface area contributed by atoms with E-state index in [0.29, 0.717) is 6.54 Å². The number of hydrogen-bond acceptors (Lipinski definition) is 3.